The van der Waals surface area contributed by atoms with E-state index in [2.05, 4.69) is 114 Å². The van der Waals surface area contributed by atoms with E-state index in [1.165, 1.54) is 27.0 Å². The Hall–Kier alpha value is -2.44. The van der Waals surface area contributed by atoms with Crippen molar-refractivity contribution < 1.29 is 4.74 Å². The van der Waals surface area contributed by atoms with E-state index in [0.29, 0.717) is 5.92 Å². The smallest absolute Gasteiger partial charge is 0.217 e. The zero-order valence-electron chi connectivity index (χ0n) is 19.4. The van der Waals surface area contributed by atoms with Crippen LogP contribution >= 0.6 is 7.92 Å². The largest absolute Gasteiger partial charge is 0.469 e. The lowest BCUT2D eigenvalue weighted by molar-refractivity contribution is 0.0814. The molecular weight excluding hydrogens is 397 g/mol. The maximum atomic E-state index is 6.49. The number of rotatable bonds is 5. The first-order valence-electron chi connectivity index (χ1n) is 11.1. The monoisotopic (exact) mass is 429 g/mol. The van der Waals surface area contributed by atoms with Crippen LogP contribution in [-0.4, -0.2) is 17.5 Å². The molecule has 3 heteroatoms. The van der Waals surface area contributed by atoms with Gasteiger partial charge >= 0.3 is 0 Å². The second-order valence-electron chi connectivity index (χ2n) is 9.25. The molecule has 0 N–H and O–H groups in total. The van der Waals surface area contributed by atoms with E-state index in [1.54, 1.807) is 0 Å². The molecule has 0 aromatic heterocycles. The summed E-state index contributed by atoms with van der Waals surface area (Å²) in [5.74, 6) is 1.21. The Morgan fingerprint density at radius 3 is 1.74 bits per heavy atom. The minimum atomic E-state index is -0.746. The van der Waals surface area contributed by atoms with Crippen molar-refractivity contribution in [1.29, 1.82) is 0 Å². The van der Waals surface area contributed by atoms with Crippen LogP contribution in [0.1, 0.15) is 44.4 Å². The zero-order chi connectivity index (χ0) is 22.2. The van der Waals surface area contributed by atoms with Crippen LogP contribution < -0.4 is 15.9 Å². The Morgan fingerprint density at radius 2 is 1.26 bits per heavy atom. The predicted molar refractivity (Wildman–Crippen MR) is 135 cm³/mol. The molecule has 2 nitrogen and oxygen atoms in total. The van der Waals surface area contributed by atoms with Crippen molar-refractivity contribution >= 4 is 29.7 Å². The van der Waals surface area contributed by atoms with Crippen LogP contribution in [0, 0.1) is 19.8 Å². The fraction of sp³-hybridized carbons (Fsp3) is 0.321. The fourth-order valence-electron chi connectivity index (χ4n) is 4.56. The van der Waals surface area contributed by atoms with Gasteiger partial charge in [0, 0.05) is 5.56 Å². The van der Waals surface area contributed by atoms with Crippen molar-refractivity contribution in [2.24, 2.45) is 10.9 Å². The maximum absolute atomic E-state index is 6.49. The van der Waals surface area contributed by atoms with Gasteiger partial charge in [-0.15, -0.1) is 0 Å². The molecule has 0 saturated heterocycles. The van der Waals surface area contributed by atoms with Gasteiger partial charge in [-0.25, -0.2) is 4.99 Å². The molecule has 31 heavy (non-hydrogen) atoms. The highest BCUT2D eigenvalue weighted by atomic mass is 31.1. The molecule has 1 atom stereocenters. The van der Waals surface area contributed by atoms with Crippen molar-refractivity contribution in [3.05, 3.63) is 89.5 Å². The summed E-state index contributed by atoms with van der Waals surface area (Å²) in [6.45, 7) is 13.2. The third-order valence-corrected chi connectivity index (χ3v) is 8.89. The van der Waals surface area contributed by atoms with E-state index in [-0.39, 0.29) is 11.6 Å². The zero-order valence-corrected chi connectivity index (χ0v) is 20.3. The van der Waals surface area contributed by atoms with Crippen LogP contribution in [0.3, 0.4) is 0 Å². The Kier molecular flexibility index (Phi) is 6.04. The molecule has 1 heterocycles. The first-order chi connectivity index (χ1) is 14.8. The lowest BCUT2D eigenvalue weighted by atomic mass is 9.90. The minimum Gasteiger partial charge on any atom is -0.469 e. The second-order valence-corrected chi connectivity index (χ2v) is 11.4. The standard InChI is InChI=1S/C28H32NOP/c1-19(2)26-28(5,6)30-27(29-26)22-15-9-12-18-25(22)31(23-16-10-7-13-20(23)3)24-17-11-8-14-21(24)4/h7-19,26H,1-6H3/t26-/m0/s1. The molecule has 0 spiro atoms. The van der Waals surface area contributed by atoms with E-state index in [9.17, 15) is 0 Å². The Morgan fingerprint density at radius 1 is 0.774 bits per heavy atom. The number of benzene rings is 3. The van der Waals surface area contributed by atoms with E-state index < -0.39 is 7.92 Å². The van der Waals surface area contributed by atoms with Gasteiger partial charge in [0.05, 0.1) is 6.04 Å². The summed E-state index contributed by atoms with van der Waals surface area (Å²) in [7, 11) is -0.746. The fourth-order valence-corrected chi connectivity index (χ4v) is 7.31. The van der Waals surface area contributed by atoms with Crippen molar-refractivity contribution in [2.75, 3.05) is 0 Å². The molecule has 0 fully saturated rings. The molecular formula is C28H32NOP. The van der Waals surface area contributed by atoms with Gasteiger partial charge in [0.2, 0.25) is 5.90 Å². The molecule has 0 amide bonds. The summed E-state index contributed by atoms with van der Waals surface area (Å²) < 4.78 is 6.49. The van der Waals surface area contributed by atoms with Crippen LogP contribution in [0.4, 0.5) is 0 Å². The van der Waals surface area contributed by atoms with Crippen molar-refractivity contribution in [3.63, 3.8) is 0 Å². The Balaban J connectivity index is 1.92. The summed E-state index contributed by atoms with van der Waals surface area (Å²) in [4.78, 5) is 5.09. The summed E-state index contributed by atoms with van der Waals surface area (Å²) in [6, 6.07) is 26.4. The molecule has 0 aliphatic carbocycles. The molecule has 0 saturated carbocycles. The molecule has 3 aromatic rings. The normalized spacial score (nSPS) is 17.7. The van der Waals surface area contributed by atoms with E-state index >= 15 is 0 Å². The van der Waals surface area contributed by atoms with Gasteiger partial charge in [0.25, 0.3) is 0 Å². The third kappa shape index (κ3) is 4.19. The lowest BCUT2D eigenvalue weighted by Crippen LogP contribution is -2.37. The van der Waals surface area contributed by atoms with Gasteiger partial charge in [-0.3, -0.25) is 0 Å². The van der Waals surface area contributed by atoms with Crippen LogP contribution in [0.25, 0.3) is 0 Å². The number of ether oxygens (including phenoxy) is 1. The van der Waals surface area contributed by atoms with Gasteiger partial charge in [0.1, 0.15) is 5.60 Å². The Labute approximate surface area is 188 Å². The molecule has 1 aliphatic heterocycles. The number of nitrogens with zero attached hydrogens (tertiary/aromatic N) is 1. The Bertz CT molecular complexity index is 1070. The van der Waals surface area contributed by atoms with Crippen molar-refractivity contribution in [3.8, 4) is 0 Å². The molecule has 160 valence electrons. The van der Waals surface area contributed by atoms with Gasteiger partial charge in [-0.2, -0.15) is 0 Å². The van der Waals surface area contributed by atoms with Crippen LogP contribution in [0.5, 0.6) is 0 Å². The third-order valence-electron chi connectivity index (χ3n) is 6.05. The quantitative estimate of drug-likeness (QED) is 0.481. The predicted octanol–water partition coefficient (Wildman–Crippen LogP) is 5.64. The van der Waals surface area contributed by atoms with Crippen LogP contribution in [0.15, 0.2) is 77.8 Å². The molecule has 3 aromatic carbocycles. The summed E-state index contributed by atoms with van der Waals surface area (Å²) in [5.41, 5.74) is 3.46. The van der Waals surface area contributed by atoms with Gasteiger partial charge in [-0.05, 0) is 74.6 Å². The SMILES string of the molecule is Cc1ccccc1P(c1ccccc1C)c1ccccc1C1=N[C@@H](C(C)C)C(C)(C)O1. The highest BCUT2D eigenvalue weighted by Crippen LogP contribution is 2.38. The first-order valence-corrected chi connectivity index (χ1v) is 12.4. The van der Waals surface area contributed by atoms with Gasteiger partial charge < -0.3 is 4.74 Å². The second kappa shape index (κ2) is 8.60. The average molecular weight is 430 g/mol. The average Bonchev–Trinajstić information content (AvgIpc) is 3.06. The number of aryl methyl sites for hydroxylation is 2. The van der Waals surface area contributed by atoms with Crippen LogP contribution in [-0.2, 0) is 4.74 Å². The topological polar surface area (TPSA) is 21.6 Å². The number of hydrogen-bond acceptors (Lipinski definition) is 2. The molecule has 0 radical (unpaired) electrons. The van der Waals surface area contributed by atoms with E-state index in [0.717, 1.165) is 11.5 Å². The van der Waals surface area contributed by atoms with Gasteiger partial charge in [-0.1, -0.05) is 80.6 Å². The number of hydrogen-bond donors (Lipinski definition) is 0. The van der Waals surface area contributed by atoms with Crippen molar-refractivity contribution in [2.45, 2.75) is 53.2 Å². The minimum absolute atomic E-state index is 0.152. The molecule has 0 unspecified atom stereocenters. The summed E-state index contributed by atoms with van der Waals surface area (Å²) >= 11 is 0. The first kappa shape index (κ1) is 21.8. The van der Waals surface area contributed by atoms with Gasteiger partial charge in [0.15, 0.2) is 0 Å². The van der Waals surface area contributed by atoms with E-state index in [1.807, 2.05) is 0 Å². The summed E-state index contributed by atoms with van der Waals surface area (Å²) in [5, 5.41) is 4.08. The number of aliphatic imine (C=N–C) groups is 1. The van der Waals surface area contributed by atoms with E-state index in [4.69, 9.17) is 9.73 Å². The highest BCUT2D eigenvalue weighted by molar-refractivity contribution is 7.80. The van der Waals surface area contributed by atoms with Crippen LogP contribution in [0.2, 0.25) is 0 Å². The lowest BCUT2D eigenvalue weighted by Gasteiger charge is -2.28. The maximum Gasteiger partial charge on any atom is 0.217 e. The highest BCUT2D eigenvalue weighted by Gasteiger charge is 2.41. The summed E-state index contributed by atoms with van der Waals surface area (Å²) in [6.07, 6.45) is 0. The van der Waals surface area contributed by atoms with Crippen molar-refractivity contribution in [1.82, 2.24) is 0 Å². The molecule has 0 bridgehead atoms. The molecule has 1 aliphatic rings. The molecule has 4 rings (SSSR count).